The fourth-order valence-electron chi connectivity index (χ4n) is 8.19. The summed E-state index contributed by atoms with van der Waals surface area (Å²) in [5.41, 5.74) is -0.994. The normalized spacial score (nSPS) is 59.8. The van der Waals surface area contributed by atoms with E-state index in [9.17, 15) is 20.4 Å². The lowest BCUT2D eigenvalue weighted by molar-refractivity contribution is -0.339. The second kappa shape index (κ2) is 10.4. The van der Waals surface area contributed by atoms with Crippen LogP contribution in [0.25, 0.3) is 0 Å². The molecule has 6 heterocycles. The van der Waals surface area contributed by atoms with E-state index in [0.717, 1.165) is 12.8 Å². The molecule has 0 unspecified atom stereocenters. The van der Waals surface area contributed by atoms with Crippen molar-refractivity contribution in [1.29, 1.82) is 0 Å². The number of aliphatic hydroxyl groups excluding tert-OH is 4. The van der Waals surface area contributed by atoms with Gasteiger partial charge in [0.25, 0.3) is 0 Å². The topological polar surface area (TPSA) is 136 Å². The Kier molecular flexibility index (Phi) is 7.65. The average Bonchev–Trinajstić information content (AvgIpc) is 3.23. The Morgan fingerprint density at radius 3 is 2.08 bits per heavy atom. The molecule has 1 spiro atoms. The van der Waals surface area contributed by atoms with Gasteiger partial charge in [0.1, 0.15) is 11.7 Å². The summed E-state index contributed by atoms with van der Waals surface area (Å²) in [6, 6.07) is 0. The van der Waals surface area contributed by atoms with E-state index in [2.05, 4.69) is 20.8 Å². The molecule has 0 bridgehead atoms. The van der Waals surface area contributed by atoms with Crippen LogP contribution in [0.3, 0.4) is 0 Å². The van der Waals surface area contributed by atoms with Crippen LogP contribution in [0.1, 0.15) is 66.7 Å². The summed E-state index contributed by atoms with van der Waals surface area (Å²) < 4.78 is 39.1. The molecular formula is C29H48O10. The highest BCUT2D eigenvalue weighted by Gasteiger charge is 2.61. The van der Waals surface area contributed by atoms with E-state index >= 15 is 0 Å². The van der Waals surface area contributed by atoms with E-state index in [1.165, 1.54) is 0 Å². The quantitative estimate of drug-likeness (QED) is 0.372. The van der Waals surface area contributed by atoms with Crippen molar-refractivity contribution in [3.63, 3.8) is 0 Å². The number of fused-ring (bicyclic) bond motifs is 4. The largest absolute Gasteiger partial charge is 0.393 e. The van der Waals surface area contributed by atoms with Gasteiger partial charge in [0.15, 0.2) is 5.79 Å². The minimum Gasteiger partial charge on any atom is -0.393 e. The van der Waals surface area contributed by atoms with Gasteiger partial charge in [-0.1, -0.05) is 27.7 Å². The first kappa shape index (κ1) is 28.7. The van der Waals surface area contributed by atoms with E-state index < -0.39 is 35.8 Å². The summed E-state index contributed by atoms with van der Waals surface area (Å²) in [7, 11) is 0. The third-order valence-corrected chi connectivity index (χ3v) is 10.9. The molecule has 224 valence electrons. The maximum absolute atomic E-state index is 11.6. The molecule has 6 saturated heterocycles. The summed E-state index contributed by atoms with van der Waals surface area (Å²) in [5, 5.41) is 42.5. The maximum Gasteiger partial charge on any atom is 0.174 e. The molecule has 10 nitrogen and oxygen atoms in total. The molecule has 6 aliphatic rings. The Labute approximate surface area is 231 Å². The van der Waals surface area contributed by atoms with Crippen molar-refractivity contribution in [2.24, 2.45) is 23.7 Å². The first-order valence-corrected chi connectivity index (χ1v) is 15.1. The van der Waals surface area contributed by atoms with Gasteiger partial charge in [0, 0.05) is 31.1 Å². The summed E-state index contributed by atoms with van der Waals surface area (Å²) in [6.45, 7) is 10.1. The SMILES string of the molecule is C[C@@H]1C[C@@H]2O[C@@H]3[C@@H](C)[C@H](O)[C@@H]4O[C@]5(C[C@H](O)CO5)[C@@H](C)[C@H](C)[C@H]4O[C@H]3C[C@H]2O[C@H]2C[C@@H](O)[C@](C)(CO)O[C@@H]2C1. The number of hydrogen-bond donors (Lipinski definition) is 4. The zero-order valence-electron chi connectivity index (χ0n) is 23.8. The number of hydrogen-bond acceptors (Lipinski definition) is 10. The monoisotopic (exact) mass is 556 g/mol. The summed E-state index contributed by atoms with van der Waals surface area (Å²) in [5.74, 6) is -0.897. The molecule has 17 atom stereocenters. The van der Waals surface area contributed by atoms with Crippen molar-refractivity contribution < 1.29 is 48.8 Å². The Bertz CT molecular complexity index is 890. The molecule has 0 saturated carbocycles. The second-order valence-electron chi connectivity index (χ2n) is 13.7. The van der Waals surface area contributed by atoms with Crippen LogP contribution in [0.4, 0.5) is 0 Å². The predicted molar refractivity (Wildman–Crippen MR) is 138 cm³/mol. The molecule has 0 aromatic rings. The Balaban J connectivity index is 1.24. The lowest BCUT2D eigenvalue weighted by Crippen LogP contribution is -2.61. The second-order valence-corrected chi connectivity index (χ2v) is 13.7. The van der Waals surface area contributed by atoms with Crippen LogP contribution < -0.4 is 0 Å². The summed E-state index contributed by atoms with van der Waals surface area (Å²) >= 11 is 0. The smallest absolute Gasteiger partial charge is 0.174 e. The minimum absolute atomic E-state index is 0.0214. The fourth-order valence-corrected chi connectivity index (χ4v) is 8.19. The molecular weight excluding hydrogens is 508 g/mol. The summed E-state index contributed by atoms with van der Waals surface area (Å²) in [4.78, 5) is 0. The van der Waals surface area contributed by atoms with E-state index in [0.29, 0.717) is 19.3 Å². The van der Waals surface area contributed by atoms with Gasteiger partial charge in [-0.25, -0.2) is 0 Å². The zero-order valence-corrected chi connectivity index (χ0v) is 23.8. The predicted octanol–water partition coefficient (Wildman–Crippen LogP) is 1.14. The molecule has 39 heavy (non-hydrogen) atoms. The van der Waals surface area contributed by atoms with Gasteiger partial charge in [-0.3, -0.25) is 0 Å². The van der Waals surface area contributed by atoms with Crippen molar-refractivity contribution in [2.75, 3.05) is 13.2 Å². The lowest BCUT2D eigenvalue weighted by atomic mass is 9.75. The lowest BCUT2D eigenvalue weighted by Gasteiger charge is -2.51. The van der Waals surface area contributed by atoms with Crippen LogP contribution in [0.5, 0.6) is 0 Å². The van der Waals surface area contributed by atoms with Crippen molar-refractivity contribution in [1.82, 2.24) is 0 Å². The van der Waals surface area contributed by atoms with Crippen molar-refractivity contribution in [3.05, 3.63) is 0 Å². The molecule has 0 amide bonds. The third kappa shape index (κ3) is 4.80. The third-order valence-electron chi connectivity index (χ3n) is 10.9. The molecule has 6 fully saturated rings. The van der Waals surface area contributed by atoms with Gasteiger partial charge in [-0.2, -0.15) is 0 Å². The zero-order chi connectivity index (χ0) is 27.9. The number of rotatable bonds is 1. The molecule has 0 aromatic heterocycles. The van der Waals surface area contributed by atoms with E-state index in [1.807, 2.05) is 6.92 Å². The highest BCUT2D eigenvalue weighted by molar-refractivity contribution is 5.05. The first-order chi connectivity index (χ1) is 18.4. The van der Waals surface area contributed by atoms with Gasteiger partial charge >= 0.3 is 0 Å². The average molecular weight is 557 g/mol. The van der Waals surface area contributed by atoms with Crippen LogP contribution in [-0.4, -0.2) is 112 Å². The Hall–Kier alpha value is -0.400. The minimum atomic E-state index is -0.994. The standard InChI is InChI=1S/C29H48O10/c1-13-6-18-19(35-20-9-23(32)28(5,12-30)38-21(20)7-13)8-22-25(36-18)15(3)24(33)27-26(37-22)14(2)16(4)29(39-27)10-17(31)11-34-29/h13-27,30-33H,6-12H2,1-5H3/t13-,14+,15+,16+,17+,18+,19-,20+,21-,22+,23-,24+,25-,26-,27+,28+,29-/m1/s1. The first-order valence-electron chi connectivity index (χ1n) is 15.1. The molecule has 6 rings (SSSR count). The molecule has 4 N–H and O–H groups in total. The Morgan fingerprint density at radius 1 is 0.718 bits per heavy atom. The van der Waals surface area contributed by atoms with Crippen molar-refractivity contribution in [3.8, 4) is 0 Å². The fraction of sp³-hybridized carbons (Fsp3) is 1.00. The van der Waals surface area contributed by atoms with Crippen molar-refractivity contribution in [2.45, 2.75) is 145 Å². The molecule has 6 aliphatic heterocycles. The van der Waals surface area contributed by atoms with Crippen LogP contribution in [0.15, 0.2) is 0 Å². The van der Waals surface area contributed by atoms with Gasteiger partial charge in [-0.05, 0) is 31.6 Å². The van der Waals surface area contributed by atoms with E-state index in [-0.39, 0.29) is 79.6 Å². The van der Waals surface area contributed by atoms with Gasteiger partial charge in [0.05, 0.1) is 74.3 Å². The van der Waals surface area contributed by atoms with Crippen molar-refractivity contribution >= 4 is 0 Å². The molecule has 10 heteroatoms. The molecule has 0 radical (unpaired) electrons. The highest BCUT2D eigenvalue weighted by Crippen LogP contribution is 2.50. The van der Waals surface area contributed by atoms with Gasteiger partial charge in [-0.15, -0.1) is 0 Å². The van der Waals surface area contributed by atoms with Crippen LogP contribution >= 0.6 is 0 Å². The Morgan fingerprint density at radius 2 is 1.38 bits per heavy atom. The molecule has 0 aliphatic carbocycles. The van der Waals surface area contributed by atoms with Crippen LogP contribution in [0, 0.1) is 23.7 Å². The van der Waals surface area contributed by atoms with Gasteiger partial charge < -0.3 is 48.8 Å². The van der Waals surface area contributed by atoms with E-state index in [1.54, 1.807) is 6.92 Å². The van der Waals surface area contributed by atoms with Crippen LogP contribution in [-0.2, 0) is 28.4 Å². The maximum atomic E-state index is 11.6. The summed E-state index contributed by atoms with van der Waals surface area (Å²) in [6.07, 6.45) is -1.80. The van der Waals surface area contributed by atoms with E-state index in [4.69, 9.17) is 28.4 Å². The molecule has 0 aromatic carbocycles. The highest BCUT2D eigenvalue weighted by atomic mass is 16.7. The van der Waals surface area contributed by atoms with Crippen LogP contribution in [0.2, 0.25) is 0 Å². The number of aliphatic hydroxyl groups is 4. The number of ether oxygens (including phenoxy) is 6. The van der Waals surface area contributed by atoms with Gasteiger partial charge in [0.2, 0.25) is 0 Å².